The van der Waals surface area contributed by atoms with Crippen LogP contribution in [0.2, 0.25) is 0 Å². The van der Waals surface area contributed by atoms with E-state index in [1.807, 2.05) is 4.90 Å². The summed E-state index contributed by atoms with van der Waals surface area (Å²) in [7, 11) is 0. The largest absolute Gasteiger partial charge is 0.443 e. The van der Waals surface area contributed by atoms with E-state index in [0.717, 1.165) is 35.7 Å². The fraction of sp³-hybridized carbons (Fsp3) is 0.476. The molecule has 0 aromatic heterocycles. The Hall–Kier alpha value is -3.07. The Labute approximate surface area is 173 Å². The average molecular weight is 413 g/mol. The number of fused-ring (bicyclic) bond motifs is 1. The zero-order chi connectivity index (χ0) is 21.4. The topological polar surface area (TPSA) is 104 Å². The molecule has 0 N–H and O–H groups in total. The summed E-state index contributed by atoms with van der Waals surface area (Å²) < 4.78 is 5.24. The lowest BCUT2D eigenvalue weighted by molar-refractivity contribution is -0.166. The molecule has 1 aromatic rings. The van der Waals surface area contributed by atoms with E-state index >= 15 is 0 Å². The number of amides is 4. The molecule has 30 heavy (non-hydrogen) atoms. The minimum Gasteiger partial charge on any atom is -0.443 e. The van der Waals surface area contributed by atoms with Crippen molar-refractivity contribution in [2.75, 3.05) is 19.8 Å². The van der Waals surface area contributed by atoms with Crippen LogP contribution >= 0.6 is 0 Å². The highest BCUT2D eigenvalue weighted by Gasteiger charge is 2.47. The maximum atomic E-state index is 13.0. The molecule has 1 aromatic carbocycles. The summed E-state index contributed by atoms with van der Waals surface area (Å²) in [4.78, 5) is 66.7. The molecule has 9 heteroatoms. The molecule has 1 unspecified atom stereocenters. The first-order valence-corrected chi connectivity index (χ1v) is 10.1. The molecule has 0 aliphatic carbocycles. The zero-order valence-corrected chi connectivity index (χ0v) is 16.7. The molecule has 3 heterocycles. The minimum atomic E-state index is -1.09. The fourth-order valence-corrected chi connectivity index (χ4v) is 4.21. The van der Waals surface area contributed by atoms with Gasteiger partial charge >= 0.3 is 5.97 Å². The molecule has 158 valence electrons. The molecule has 2 atom stereocenters. The van der Waals surface area contributed by atoms with Gasteiger partial charge in [0.15, 0.2) is 6.73 Å². The lowest BCUT2D eigenvalue weighted by Crippen LogP contribution is -2.56. The maximum absolute atomic E-state index is 13.0. The first-order valence-electron chi connectivity index (χ1n) is 10.1. The number of benzene rings is 1. The van der Waals surface area contributed by atoms with E-state index in [2.05, 4.69) is 0 Å². The van der Waals surface area contributed by atoms with Crippen LogP contribution in [0.25, 0.3) is 0 Å². The predicted molar refractivity (Wildman–Crippen MR) is 103 cm³/mol. The number of likely N-dealkylation sites (tertiary alicyclic amines) is 2. The van der Waals surface area contributed by atoms with Crippen molar-refractivity contribution in [3.63, 3.8) is 0 Å². The highest BCUT2D eigenvalue weighted by atomic mass is 16.5. The van der Waals surface area contributed by atoms with Gasteiger partial charge in [-0.3, -0.25) is 33.8 Å². The number of imide groups is 2. The van der Waals surface area contributed by atoms with Gasteiger partial charge in [-0.05, 0) is 51.4 Å². The normalized spacial score (nSPS) is 23.2. The third-order valence-electron chi connectivity index (χ3n) is 5.99. The van der Waals surface area contributed by atoms with Gasteiger partial charge in [0, 0.05) is 6.42 Å². The van der Waals surface area contributed by atoms with Crippen LogP contribution in [-0.2, 0) is 19.1 Å². The lowest BCUT2D eigenvalue weighted by atomic mass is 10.0. The van der Waals surface area contributed by atoms with Gasteiger partial charge in [0.2, 0.25) is 5.91 Å². The number of piperidine rings is 1. The molecular weight excluding hydrogens is 390 g/mol. The van der Waals surface area contributed by atoms with Crippen LogP contribution in [0.1, 0.15) is 53.3 Å². The van der Waals surface area contributed by atoms with E-state index in [1.54, 1.807) is 19.1 Å². The van der Waals surface area contributed by atoms with Gasteiger partial charge in [-0.15, -0.1) is 0 Å². The van der Waals surface area contributed by atoms with Crippen LogP contribution in [0, 0.1) is 0 Å². The van der Waals surface area contributed by atoms with E-state index in [-0.39, 0.29) is 24.0 Å². The Morgan fingerprint density at radius 2 is 1.67 bits per heavy atom. The van der Waals surface area contributed by atoms with Crippen LogP contribution in [0.15, 0.2) is 24.3 Å². The molecule has 3 aliphatic heterocycles. The SMILES string of the molecule is CC(C(=O)OCN1C(=O)CC[C@H](N2C(=O)c3ccccc3C2=O)C1=O)N1CCCC1. The predicted octanol–water partition coefficient (Wildman–Crippen LogP) is 0.785. The second-order valence-corrected chi connectivity index (χ2v) is 7.75. The molecule has 0 saturated carbocycles. The van der Waals surface area contributed by atoms with Crippen LogP contribution in [0.3, 0.4) is 0 Å². The summed E-state index contributed by atoms with van der Waals surface area (Å²) >= 11 is 0. The quantitative estimate of drug-likeness (QED) is 0.519. The van der Waals surface area contributed by atoms with Crippen molar-refractivity contribution in [3.05, 3.63) is 35.4 Å². The fourth-order valence-electron chi connectivity index (χ4n) is 4.21. The number of carbonyl (C=O) groups excluding carboxylic acids is 5. The van der Waals surface area contributed by atoms with E-state index in [0.29, 0.717) is 0 Å². The third kappa shape index (κ3) is 3.39. The summed E-state index contributed by atoms with van der Waals surface area (Å²) in [5.41, 5.74) is 0.481. The second kappa shape index (κ2) is 7.98. The number of hydrogen-bond acceptors (Lipinski definition) is 7. The molecule has 0 radical (unpaired) electrons. The molecule has 4 amide bonds. The van der Waals surface area contributed by atoms with Gasteiger partial charge in [-0.2, -0.15) is 0 Å². The van der Waals surface area contributed by atoms with Crippen LogP contribution in [0.4, 0.5) is 0 Å². The van der Waals surface area contributed by atoms with Crippen molar-refractivity contribution in [1.82, 2.24) is 14.7 Å². The summed E-state index contributed by atoms with van der Waals surface area (Å²) in [6.07, 6.45) is 2.06. The van der Waals surface area contributed by atoms with E-state index < -0.39 is 48.4 Å². The number of carbonyl (C=O) groups is 5. The highest BCUT2D eigenvalue weighted by Crippen LogP contribution is 2.29. The van der Waals surface area contributed by atoms with Crippen molar-refractivity contribution in [2.45, 2.75) is 44.7 Å². The Bertz CT molecular complexity index is 888. The highest BCUT2D eigenvalue weighted by molar-refractivity contribution is 6.23. The van der Waals surface area contributed by atoms with Gasteiger partial charge in [0.1, 0.15) is 12.1 Å². The van der Waals surface area contributed by atoms with Gasteiger partial charge < -0.3 is 4.74 Å². The van der Waals surface area contributed by atoms with Crippen molar-refractivity contribution >= 4 is 29.6 Å². The lowest BCUT2D eigenvalue weighted by Gasteiger charge is -2.34. The summed E-state index contributed by atoms with van der Waals surface area (Å²) in [6.45, 7) is 2.82. The maximum Gasteiger partial charge on any atom is 0.324 e. The van der Waals surface area contributed by atoms with Gasteiger partial charge in [-0.25, -0.2) is 4.90 Å². The van der Waals surface area contributed by atoms with Crippen LogP contribution in [-0.4, -0.2) is 76.2 Å². The molecule has 0 bridgehead atoms. The second-order valence-electron chi connectivity index (χ2n) is 7.75. The Morgan fingerprint density at radius 3 is 2.27 bits per heavy atom. The number of nitrogens with zero attached hydrogens (tertiary/aromatic N) is 3. The molecule has 2 fully saturated rings. The Kier molecular flexibility index (Phi) is 5.38. The molecule has 3 aliphatic rings. The van der Waals surface area contributed by atoms with Crippen molar-refractivity contribution in [2.24, 2.45) is 0 Å². The smallest absolute Gasteiger partial charge is 0.324 e. The standard InChI is InChI=1S/C21H23N3O6/c1-13(22-10-4-5-11-22)21(29)30-12-23-17(25)9-8-16(20(23)28)24-18(26)14-6-2-3-7-15(14)19(24)27/h2-3,6-7,13,16H,4-5,8-12H2,1H3/t13?,16-/m0/s1. The summed E-state index contributed by atoms with van der Waals surface area (Å²) in [5, 5.41) is 0. The van der Waals surface area contributed by atoms with Gasteiger partial charge in [-0.1, -0.05) is 12.1 Å². The first-order chi connectivity index (χ1) is 14.4. The van der Waals surface area contributed by atoms with Crippen molar-refractivity contribution in [1.29, 1.82) is 0 Å². The van der Waals surface area contributed by atoms with Crippen molar-refractivity contribution in [3.8, 4) is 0 Å². The third-order valence-corrected chi connectivity index (χ3v) is 5.99. The number of esters is 1. The number of ether oxygens (including phenoxy) is 1. The van der Waals surface area contributed by atoms with E-state index in [4.69, 9.17) is 4.74 Å². The van der Waals surface area contributed by atoms with E-state index in [1.165, 1.54) is 12.1 Å². The first kappa shape index (κ1) is 20.2. The van der Waals surface area contributed by atoms with Crippen molar-refractivity contribution < 1.29 is 28.7 Å². The molecule has 0 spiro atoms. The van der Waals surface area contributed by atoms with Crippen LogP contribution < -0.4 is 0 Å². The Morgan fingerprint density at radius 1 is 1.07 bits per heavy atom. The minimum absolute atomic E-state index is 0.0248. The average Bonchev–Trinajstić information content (AvgIpc) is 3.36. The van der Waals surface area contributed by atoms with Gasteiger partial charge in [0.25, 0.3) is 17.7 Å². The Balaban J connectivity index is 1.45. The molecule has 2 saturated heterocycles. The van der Waals surface area contributed by atoms with Gasteiger partial charge in [0.05, 0.1) is 11.1 Å². The number of rotatable bonds is 5. The summed E-state index contributed by atoms with van der Waals surface area (Å²) in [5.74, 6) is -2.82. The summed E-state index contributed by atoms with van der Waals surface area (Å²) in [6, 6.07) is 4.81. The molecular formula is C21H23N3O6. The van der Waals surface area contributed by atoms with Crippen LogP contribution in [0.5, 0.6) is 0 Å². The van der Waals surface area contributed by atoms with E-state index in [9.17, 15) is 24.0 Å². The molecule has 9 nitrogen and oxygen atoms in total. The number of hydrogen-bond donors (Lipinski definition) is 0. The monoisotopic (exact) mass is 413 g/mol. The zero-order valence-electron chi connectivity index (χ0n) is 16.7. The molecule has 4 rings (SSSR count).